The van der Waals surface area contributed by atoms with Crippen molar-refractivity contribution < 1.29 is 4.79 Å². The van der Waals surface area contributed by atoms with Crippen LogP contribution in [0.4, 0.5) is 0 Å². The lowest BCUT2D eigenvalue weighted by atomic mass is 9.86. The summed E-state index contributed by atoms with van der Waals surface area (Å²) in [5, 5.41) is 8.89. The zero-order chi connectivity index (χ0) is 18.8. The molecule has 2 unspecified atom stereocenters. The van der Waals surface area contributed by atoms with Crippen molar-refractivity contribution >= 4 is 34.3 Å². The van der Waals surface area contributed by atoms with Crippen molar-refractivity contribution in [2.45, 2.75) is 52.5 Å². The van der Waals surface area contributed by atoms with Crippen LogP contribution in [-0.2, 0) is 7.05 Å². The van der Waals surface area contributed by atoms with E-state index < -0.39 is 0 Å². The third-order valence-electron chi connectivity index (χ3n) is 5.06. The Balaban J connectivity index is 1.69. The summed E-state index contributed by atoms with van der Waals surface area (Å²) in [4.78, 5) is 17.2. The average molecular weight is 375 g/mol. The second-order valence-electron chi connectivity index (χ2n) is 7.14. The van der Waals surface area contributed by atoms with E-state index in [1.54, 1.807) is 10.7 Å². The van der Waals surface area contributed by atoms with E-state index in [2.05, 4.69) is 33.2 Å². The molecule has 2 heterocycles. The Hall–Kier alpha value is -2.22. The predicted molar refractivity (Wildman–Crippen MR) is 106 cm³/mol. The number of aryl methyl sites for hydroxylation is 3. The van der Waals surface area contributed by atoms with Gasteiger partial charge in [-0.3, -0.25) is 20.3 Å². The molecule has 3 N–H and O–H groups in total. The van der Waals surface area contributed by atoms with Crippen LogP contribution in [0.5, 0.6) is 0 Å². The maximum absolute atomic E-state index is 12.7. The van der Waals surface area contributed by atoms with Crippen LogP contribution in [-0.4, -0.2) is 31.8 Å². The van der Waals surface area contributed by atoms with Gasteiger partial charge in [0.2, 0.25) is 0 Å². The molecule has 3 rings (SSSR count). The van der Waals surface area contributed by atoms with E-state index in [4.69, 9.17) is 12.2 Å². The van der Waals surface area contributed by atoms with Crippen LogP contribution in [0.1, 0.15) is 54.4 Å². The molecule has 0 saturated heterocycles. The first-order valence-electron chi connectivity index (χ1n) is 9.04. The summed E-state index contributed by atoms with van der Waals surface area (Å²) in [5.74, 6) is 0.331. The lowest BCUT2D eigenvalue weighted by Gasteiger charge is -2.30. The Bertz CT molecular complexity index is 846. The van der Waals surface area contributed by atoms with Crippen LogP contribution in [0.2, 0.25) is 0 Å². The topological polar surface area (TPSA) is 83.9 Å². The summed E-state index contributed by atoms with van der Waals surface area (Å²) in [5.41, 5.74) is 8.31. The number of nitrogens with one attached hydrogen (secondary N) is 3. The van der Waals surface area contributed by atoms with Gasteiger partial charge in [-0.2, -0.15) is 5.10 Å². The first-order valence-corrected chi connectivity index (χ1v) is 9.45. The van der Waals surface area contributed by atoms with Gasteiger partial charge in [-0.15, -0.1) is 0 Å². The van der Waals surface area contributed by atoms with Gasteiger partial charge < -0.3 is 5.32 Å². The molecule has 0 bridgehead atoms. The summed E-state index contributed by atoms with van der Waals surface area (Å²) in [7, 11) is 1.83. The van der Waals surface area contributed by atoms with Crippen molar-refractivity contribution in [1.29, 1.82) is 0 Å². The fourth-order valence-electron chi connectivity index (χ4n) is 3.67. The van der Waals surface area contributed by atoms with Gasteiger partial charge in [-0.1, -0.05) is 19.8 Å². The van der Waals surface area contributed by atoms with Crippen molar-refractivity contribution in [3.63, 3.8) is 0 Å². The lowest BCUT2D eigenvalue weighted by Crippen LogP contribution is -2.51. The van der Waals surface area contributed by atoms with Gasteiger partial charge in [0.15, 0.2) is 10.8 Å². The minimum Gasteiger partial charge on any atom is -0.358 e. The van der Waals surface area contributed by atoms with Crippen LogP contribution in [0.3, 0.4) is 0 Å². The first kappa shape index (κ1) is 18.6. The fourth-order valence-corrected chi connectivity index (χ4v) is 3.87. The van der Waals surface area contributed by atoms with Crippen molar-refractivity contribution in [3.8, 4) is 0 Å². The predicted octanol–water partition coefficient (Wildman–Crippen LogP) is 2.27. The van der Waals surface area contributed by atoms with E-state index in [9.17, 15) is 4.79 Å². The molecular formula is C18H26N6OS. The van der Waals surface area contributed by atoms with E-state index in [0.29, 0.717) is 28.3 Å². The van der Waals surface area contributed by atoms with E-state index >= 15 is 0 Å². The first-order chi connectivity index (χ1) is 12.4. The quantitative estimate of drug-likeness (QED) is 0.552. The highest BCUT2D eigenvalue weighted by atomic mass is 32.1. The molecule has 2 atom stereocenters. The third-order valence-corrected chi connectivity index (χ3v) is 5.28. The number of aromatic nitrogens is 3. The number of rotatable bonds is 2. The minimum absolute atomic E-state index is 0.252. The van der Waals surface area contributed by atoms with Crippen molar-refractivity contribution in [2.24, 2.45) is 13.0 Å². The Kier molecular flexibility index (Phi) is 5.41. The largest absolute Gasteiger partial charge is 0.358 e. The molecule has 0 aromatic carbocycles. The fraction of sp³-hybridized carbons (Fsp3) is 0.556. The molecule has 1 aliphatic rings. The van der Waals surface area contributed by atoms with Crippen molar-refractivity contribution in [1.82, 2.24) is 30.9 Å². The summed E-state index contributed by atoms with van der Waals surface area (Å²) in [6.07, 6.45) is 4.81. The zero-order valence-electron chi connectivity index (χ0n) is 15.7. The van der Waals surface area contributed by atoms with Gasteiger partial charge >= 0.3 is 0 Å². The standard InChI is InChI=1S/C18H26N6OS/c1-10-7-5-6-8-14(10)20-18(26)22-21-17(25)13-9-11(2)19-16-15(13)12(3)23-24(16)4/h9-10,14H,5-8H2,1-4H3,(H,21,25)(H2,20,22,26). The second-order valence-corrected chi connectivity index (χ2v) is 7.55. The van der Waals surface area contributed by atoms with Crippen molar-refractivity contribution in [2.75, 3.05) is 0 Å². The van der Waals surface area contributed by atoms with Crippen LogP contribution in [0, 0.1) is 19.8 Å². The molecule has 0 aliphatic heterocycles. The van der Waals surface area contributed by atoms with Gasteiger partial charge in [0.05, 0.1) is 16.6 Å². The summed E-state index contributed by atoms with van der Waals surface area (Å²) < 4.78 is 1.69. The Morgan fingerprint density at radius 3 is 2.73 bits per heavy atom. The molecule has 0 radical (unpaired) electrons. The van der Waals surface area contributed by atoms with E-state index in [-0.39, 0.29) is 5.91 Å². The number of pyridine rings is 1. The third kappa shape index (κ3) is 3.80. The zero-order valence-corrected chi connectivity index (χ0v) is 16.5. The van der Waals surface area contributed by atoms with Gasteiger partial charge in [0.1, 0.15) is 0 Å². The normalized spacial score (nSPS) is 20.0. The molecule has 26 heavy (non-hydrogen) atoms. The molecule has 7 nitrogen and oxygen atoms in total. The molecule has 1 aliphatic carbocycles. The number of nitrogens with zero attached hydrogens (tertiary/aromatic N) is 3. The molecule has 140 valence electrons. The molecular weight excluding hydrogens is 348 g/mol. The molecule has 8 heteroatoms. The van der Waals surface area contributed by atoms with Crippen molar-refractivity contribution in [3.05, 3.63) is 23.0 Å². The smallest absolute Gasteiger partial charge is 0.270 e. The molecule has 2 aromatic rings. The highest BCUT2D eigenvalue weighted by Gasteiger charge is 2.22. The van der Waals surface area contributed by atoms with E-state index in [1.807, 2.05) is 20.9 Å². The minimum atomic E-state index is -0.252. The monoisotopic (exact) mass is 374 g/mol. The highest BCUT2D eigenvalue weighted by Crippen LogP contribution is 2.23. The number of hydrogen-bond acceptors (Lipinski definition) is 4. The van der Waals surface area contributed by atoms with Crippen LogP contribution in [0.15, 0.2) is 6.07 Å². The molecule has 1 saturated carbocycles. The van der Waals surface area contributed by atoms with Gasteiger partial charge in [0, 0.05) is 18.8 Å². The number of amides is 1. The average Bonchev–Trinajstić information content (AvgIpc) is 2.88. The second kappa shape index (κ2) is 7.57. The lowest BCUT2D eigenvalue weighted by molar-refractivity contribution is 0.0945. The number of carbonyl (C=O) groups is 1. The SMILES string of the molecule is Cc1cc(C(=O)NNC(=S)NC2CCCCC2C)c2c(C)nn(C)c2n1. The molecule has 0 spiro atoms. The Morgan fingerprint density at radius 2 is 2.00 bits per heavy atom. The van der Waals surface area contributed by atoms with Crippen LogP contribution in [0.25, 0.3) is 11.0 Å². The summed E-state index contributed by atoms with van der Waals surface area (Å²) in [6.45, 7) is 5.97. The maximum Gasteiger partial charge on any atom is 0.270 e. The number of thiocarbonyl (C=S) groups is 1. The number of hydrazine groups is 1. The van der Waals surface area contributed by atoms with Gasteiger partial charge in [-0.25, -0.2) is 4.98 Å². The Morgan fingerprint density at radius 1 is 1.27 bits per heavy atom. The Labute approximate surface area is 158 Å². The number of fused-ring (bicyclic) bond motifs is 1. The molecule has 1 fully saturated rings. The van der Waals surface area contributed by atoms with Gasteiger partial charge in [0.25, 0.3) is 5.91 Å². The number of carbonyl (C=O) groups excluding carboxylic acids is 1. The van der Waals surface area contributed by atoms with E-state index in [0.717, 1.165) is 23.2 Å². The van der Waals surface area contributed by atoms with Crippen LogP contribution >= 0.6 is 12.2 Å². The number of hydrogen-bond donors (Lipinski definition) is 3. The van der Waals surface area contributed by atoms with Gasteiger partial charge in [-0.05, 0) is 50.9 Å². The van der Waals surface area contributed by atoms with E-state index in [1.165, 1.54) is 19.3 Å². The molecule has 2 aromatic heterocycles. The highest BCUT2D eigenvalue weighted by molar-refractivity contribution is 7.80. The maximum atomic E-state index is 12.7. The molecule has 1 amide bonds. The summed E-state index contributed by atoms with van der Waals surface area (Å²) in [6, 6.07) is 2.13. The van der Waals surface area contributed by atoms with Crippen LogP contribution < -0.4 is 16.2 Å². The summed E-state index contributed by atoms with van der Waals surface area (Å²) >= 11 is 5.34.